The number of rotatable bonds is 7. The highest BCUT2D eigenvalue weighted by Crippen LogP contribution is 2.21. The number of hydrogen-bond donors (Lipinski definition) is 0. The van der Waals surface area contributed by atoms with E-state index >= 15 is 0 Å². The van der Waals surface area contributed by atoms with Crippen LogP contribution in [0.2, 0.25) is 5.02 Å². The van der Waals surface area contributed by atoms with Crippen molar-refractivity contribution in [1.82, 2.24) is 14.5 Å². The number of Topliss-reactive ketones (excluding diaryl/α,β-unsaturated/α-hetero) is 1. The van der Waals surface area contributed by atoms with E-state index in [1.54, 1.807) is 6.20 Å². The lowest BCUT2D eigenvalue weighted by Crippen LogP contribution is -2.30. The van der Waals surface area contributed by atoms with Crippen molar-refractivity contribution in [2.45, 2.75) is 34.1 Å². The van der Waals surface area contributed by atoms with Gasteiger partial charge in [-0.1, -0.05) is 25.4 Å². The number of aromatic nitrogens is 2. The fourth-order valence-electron chi connectivity index (χ4n) is 2.85. The van der Waals surface area contributed by atoms with E-state index in [0.29, 0.717) is 11.6 Å². The maximum atomic E-state index is 12.7. The third kappa shape index (κ3) is 4.01. The molecule has 124 valence electrons. The Bertz CT molecular complexity index is 676. The molecule has 0 radical (unpaired) electrons. The quantitative estimate of drug-likeness (QED) is 0.717. The largest absolute Gasteiger partial charge is 0.302 e. The molecule has 2 rings (SSSR count). The molecule has 0 saturated heterocycles. The summed E-state index contributed by atoms with van der Waals surface area (Å²) in [6.07, 6.45) is 2.67. The molecule has 0 N–H and O–H groups in total. The minimum absolute atomic E-state index is 0.161. The number of hydrogen-bond acceptors (Lipinski definition) is 3. The van der Waals surface area contributed by atoms with Gasteiger partial charge in [0.1, 0.15) is 5.82 Å². The van der Waals surface area contributed by atoms with Gasteiger partial charge in [0.05, 0.1) is 11.6 Å². The molecule has 0 saturated carbocycles. The summed E-state index contributed by atoms with van der Waals surface area (Å²) in [5.41, 5.74) is 2.70. The Morgan fingerprint density at radius 2 is 2.04 bits per heavy atom. The molecular weight excluding hydrogens is 310 g/mol. The fourth-order valence-corrected chi connectivity index (χ4v) is 2.96. The highest BCUT2D eigenvalue weighted by atomic mass is 35.5. The van der Waals surface area contributed by atoms with Gasteiger partial charge in [-0.25, -0.2) is 4.98 Å². The van der Waals surface area contributed by atoms with E-state index in [4.69, 9.17) is 11.6 Å². The van der Waals surface area contributed by atoms with Crippen molar-refractivity contribution < 1.29 is 4.79 Å². The zero-order valence-corrected chi connectivity index (χ0v) is 15.0. The molecule has 23 heavy (non-hydrogen) atoms. The smallest absolute Gasteiger partial charge is 0.178 e. The number of pyridine rings is 1. The lowest BCUT2D eigenvalue weighted by molar-refractivity contribution is 0.0933. The fraction of sp³-hybridized carbons (Fsp3) is 0.444. The van der Waals surface area contributed by atoms with Crippen molar-refractivity contribution in [3.63, 3.8) is 0 Å². The molecule has 0 aliphatic heterocycles. The summed E-state index contributed by atoms with van der Waals surface area (Å²) in [6, 6.07) is 5.63. The van der Waals surface area contributed by atoms with Crippen LogP contribution in [0.15, 0.2) is 24.4 Å². The Morgan fingerprint density at radius 1 is 1.30 bits per heavy atom. The van der Waals surface area contributed by atoms with Crippen LogP contribution in [0, 0.1) is 13.8 Å². The van der Waals surface area contributed by atoms with Crippen LogP contribution in [0.4, 0.5) is 0 Å². The van der Waals surface area contributed by atoms with Crippen LogP contribution in [0.3, 0.4) is 0 Å². The topological polar surface area (TPSA) is 38.1 Å². The van der Waals surface area contributed by atoms with Crippen LogP contribution >= 0.6 is 11.6 Å². The molecule has 0 amide bonds. The standard InChI is InChI=1S/C18H24ClN3O/c1-5-9-21(6-2)12-17(23)16-10-13(3)22(14(16)4)18-8-7-15(19)11-20-18/h7-8,10-11H,5-6,9,12H2,1-4H3. The van der Waals surface area contributed by atoms with Crippen LogP contribution in [0.1, 0.15) is 42.0 Å². The SMILES string of the molecule is CCCN(CC)CC(=O)c1cc(C)n(-c2ccc(Cl)cn2)c1C. The Morgan fingerprint density at radius 3 is 2.61 bits per heavy atom. The van der Waals surface area contributed by atoms with E-state index in [0.717, 1.165) is 42.3 Å². The average molecular weight is 334 g/mol. The van der Waals surface area contributed by atoms with Crippen molar-refractivity contribution in [3.05, 3.63) is 46.4 Å². The second-order valence-electron chi connectivity index (χ2n) is 5.75. The first-order valence-electron chi connectivity index (χ1n) is 8.04. The van der Waals surface area contributed by atoms with Gasteiger partial charge in [0.2, 0.25) is 0 Å². The van der Waals surface area contributed by atoms with Crippen LogP contribution in [-0.2, 0) is 0 Å². The Labute approximate surface area is 143 Å². The van der Waals surface area contributed by atoms with E-state index in [1.165, 1.54) is 0 Å². The lowest BCUT2D eigenvalue weighted by atomic mass is 10.1. The van der Waals surface area contributed by atoms with E-state index in [1.807, 2.05) is 36.6 Å². The molecule has 4 nitrogen and oxygen atoms in total. The van der Waals surface area contributed by atoms with Gasteiger partial charge < -0.3 is 4.57 Å². The molecule has 2 heterocycles. The minimum Gasteiger partial charge on any atom is -0.302 e. The van der Waals surface area contributed by atoms with Gasteiger partial charge in [-0.2, -0.15) is 0 Å². The molecule has 0 spiro atoms. The Hall–Kier alpha value is -1.65. The first-order chi connectivity index (χ1) is 11.0. The van der Waals surface area contributed by atoms with Gasteiger partial charge in [0.25, 0.3) is 0 Å². The minimum atomic E-state index is 0.161. The zero-order chi connectivity index (χ0) is 17.0. The average Bonchev–Trinajstić information content (AvgIpc) is 2.83. The molecule has 0 fully saturated rings. The number of likely N-dealkylation sites (N-methyl/N-ethyl adjacent to an activating group) is 1. The van der Waals surface area contributed by atoms with Crippen molar-refractivity contribution in [2.75, 3.05) is 19.6 Å². The molecule has 2 aromatic heterocycles. The van der Waals surface area contributed by atoms with Gasteiger partial charge in [-0.15, -0.1) is 0 Å². The zero-order valence-electron chi connectivity index (χ0n) is 14.3. The van der Waals surface area contributed by atoms with Crippen molar-refractivity contribution in [2.24, 2.45) is 0 Å². The van der Waals surface area contributed by atoms with E-state index < -0.39 is 0 Å². The van der Waals surface area contributed by atoms with Gasteiger partial charge in [0, 0.05) is 23.1 Å². The summed E-state index contributed by atoms with van der Waals surface area (Å²) in [5, 5.41) is 0.602. The van der Waals surface area contributed by atoms with Crippen LogP contribution in [-0.4, -0.2) is 39.9 Å². The number of carbonyl (C=O) groups is 1. The monoisotopic (exact) mass is 333 g/mol. The normalized spacial score (nSPS) is 11.2. The predicted molar refractivity (Wildman–Crippen MR) is 94.8 cm³/mol. The van der Waals surface area contributed by atoms with Crippen LogP contribution < -0.4 is 0 Å². The Balaban J connectivity index is 2.30. The summed E-state index contributed by atoms with van der Waals surface area (Å²) >= 11 is 5.91. The molecule has 2 aromatic rings. The highest BCUT2D eigenvalue weighted by molar-refractivity contribution is 6.30. The molecule has 0 aromatic carbocycles. The molecule has 0 unspecified atom stereocenters. The number of carbonyl (C=O) groups excluding carboxylic acids is 1. The van der Waals surface area contributed by atoms with Gasteiger partial charge in [-0.3, -0.25) is 9.69 Å². The van der Waals surface area contributed by atoms with Gasteiger partial charge in [-0.05, 0) is 51.6 Å². The predicted octanol–water partition coefficient (Wildman–Crippen LogP) is 4.06. The van der Waals surface area contributed by atoms with E-state index in [2.05, 4.69) is 23.7 Å². The third-order valence-electron chi connectivity index (χ3n) is 4.03. The van der Waals surface area contributed by atoms with Gasteiger partial charge >= 0.3 is 0 Å². The second kappa shape index (κ2) is 7.75. The molecule has 0 bridgehead atoms. The first-order valence-corrected chi connectivity index (χ1v) is 8.42. The van der Waals surface area contributed by atoms with Crippen LogP contribution in [0.25, 0.3) is 5.82 Å². The highest BCUT2D eigenvalue weighted by Gasteiger charge is 2.18. The van der Waals surface area contributed by atoms with Crippen molar-refractivity contribution >= 4 is 17.4 Å². The number of nitrogens with zero attached hydrogens (tertiary/aromatic N) is 3. The number of ketones is 1. The summed E-state index contributed by atoms with van der Waals surface area (Å²) in [6.45, 7) is 10.5. The summed E-state index contributed by atoms with van der Waals surface area (Å²) in [5.74, 6) is 0.943. The summed E-state index contributed by atoms with van der Waals surface area (Å²) in [7, 11) is 0. The van der Waals surface area contributed by atoms with Crippen molar-refractivity contribution in [1.29, 1.82) is 0 Å². The molecule has 0 atom stereocenters. The van der Waals surface area contributed by atoms with E-state index in [-0.39, 0.29) is 5.78 Å². The molecule has 0 aliphatic rings. The maximum absolute atomic E-state index is 12.7. The first kappa shape index (κ1) is 17.7. The van der Waals surface area contributed by atoms with E-state index in [9.17, 15) is 4.79 Å². The summed E-state index contributed by atoms with van der Waals surface area (Å²) < 4.78 is 2.00. The number of aryl methyl sites for hydroxylation is 1. The van der Waals surface area contributed by atoms with Gasteiger partial charge in [0.15, 0.2) is 5.78 Å². The Kier molecular flexibility index (Phi) is 5.97. The maximum Gasteiger partial charge on any atom is 0.178 e. The third-order valence-corrected chi connectivity index (χ3v) is 4.25. The molecule has 0 aliphatic carbocycles. The lowest BCUT2D eigenvalue weighted by Gasteiger charge is -2.18. The van der Waals surface area contributed by atoms with Crippen molar-refractivity contribution in [3.8, 4) is 5.82 Å². The number of halogens is 1. The summed E-state index contributed by atoms with van der Waals surface area (Å²) in [4.78, 5) is 19.2. The molecular formula is C18H24ClN3O. The van der Waals surface area contributed by atoms with Crippen LogP contribution in [0.5, 0.6) is 0 Å². The molecule has 5 heteroatoms. The second-order valence-corrected chi connectivity index (χ2v) is 6.18.